The van der Waals surface area contributed by atoms with Gasteiger partial charge in [-0.1, -0.05) is 54.6 Å². The van der Waals surface area contributed by atoms with Crippen molar-refractivity contribution in [2.24, 2.45) is 0 Å². The number of carbonyl (C=O) groups excluding carboxylic acids is 1. The number of nitriles is 1. The zero-order chi connectivity index (χ0) is 16.5. The smallest absolute Gasteiger partial charge is 0.163 e. The summed E-state index contributed by atoms with van der Waals surface area (Å²) < 4.78 is 5.41. The van der Waals surface area contributed by atoms with Crippen molar-refractivity contribution in [3.8, 4) is 6.07 Å². The zero-order valence-electron chi connectivity index (χ0n) is 13.1. The van der Waals surface area contributed by atoms with E-state index in [4.69, 9.17) is 10.00 Å². The number of ether oxygens (including phenoxy) is 1. The summed E-state index contributed by atoms with van der Waals surface area (Å²) in [5, 5.41) is 8.89. The molecule has 1 unspecified atom stereocenters. The summed E-state index contributed by atoms with van der Waals surface area (Å²) in [6.07, 6.45) is 4.84. The predicted octanol–water partition coefficient (Wildman–Crippen LogP) is 4.25. The van der Waals surface area contributed by atoms with Crippen molar-refractivity contribution >= 4 is 11.9 Å². The van der Waals surface area contributed by atoms with E-state index in [1.807, 2.05) is 48.6 Å². The lowest BCUT2D eigenvalue weighted by Gasteiger charge is -2.10. The molecule has 0 saturated heterocycles. The summed E-state index contributed by atoms with van der Waals surface area (Å²) in [5.74, 6) is 0.0252. The molecule has 0 amide bonds. The molecule has 0 saturated carbocycles. The first-order chi connectivity index (χ1) is 11.2. The van der Waals surface area contributed by atoms with E-state index in [2.05, 4.69) is 0 Å². The standard InChI is InChI=1S/C20H19NO2/c1-23-19(11-10-16-6-3-2-4-7-16)12-13-20(22)18-9-5-8-17(14-18)15-21/h2-11,14,19H,12-13H2,1H3/b11-10+. The van der Waals surface area contributed by atoms with Gasteiger partial charge in [-0.05, 0) is 24.1 Å². The van der Waals surface area contributed by atoms with E-state index in [9.17, 15) is 4.79 Å². The Labute approximate surface area is 136 Å². The van der Waals surface area contributed by atoms with Gasteiger partial charge in [0.25, 0.3) is 0 Å². The second kappa shape index (κ2) is 8.67. The molecule has 2 aromatic rings. The first-order valence-corrected chi connectivity index (χ1v) is 7.52. The topological polar surface area (TPSA) is 50.1 Å². The Kier molecular flexibility index (Phi) is 6.28. The molecule has 0 radical (unpaired) electrons. The third-order valence-electron chi connectivity index (χ3n) is 3.58. The molecular formula is C20H19NO2. The fourth-order valence-electron chi connectivity index (χ4n) is 2.26. The number of methoxy groups -OCH3 is 1. The van der Waals surface area contributed by atoms with Crippen molar-refractivity contribution in [1.82, 2.24) is 0 Å². The van der Waals surface area contributed by atoms with Crippen LogP contribution in [0.5, 0.6) is 0 Å². The Morgan fingerprint density at radius 3 is 2.70 bits per heavy atom. The predicted molar refractivity (Wildman–Crippen MR) is 91.0 cm³/mol. The van der Waals surface area contributed by atoms with Crippen LogP contribution in [0.2, 0.25) is 0 Å². The first-order valence-electron chi connectivity index (χ1n) is 7.52. The molecule has 3 nitrogen and oxygen atoms in total. The van der Waals surface area contributed by atoms with E-state index in [0.29, 0.717) is 24.0 Å². The van der Waals surface area contributed by atoms with Crippen LogP contribution in [0.25, 0.3) is 6.08 Å². The highest BCUT2D eigenvalue weighted by Gasteiger charge is 2.10. The maximum Gasteiger partial charge on any atom is 0.163 e. The molecule has 0 aliphatic heterocycles. The molecule has 0 N–H and O–H groups in total. The van der Waals surface area contributed by atoms with E-state index in [1.54, 1.807) is 31.4 Å². The minimum atomic E-state index is -0.113. The fraction of sp³-hybridized carbons (Fsp3) is 0.200. The second-order valence-corrected chi connectivity index (χ2v) is 5.20. The van der Waals surface area contributed by atoms with Gasteiger partial charge in [-0.2, -0.15) is 5.26 Å². The number of hydrogen-bond acceptors (Lipinski definition) is 3. The van der Waals surface area contributed by atoms with Crippen LogP contribution in [0.1, 0.15) is 34.3 Å². The molecule has 0 fully saturated rings. The number of nitrogens with zero attached hydrogens (tertiary/aromatic N) is 1. The summed E-state index contributed by atoms with van der Waals surface area (Å²) in [6, 6.07) is 18.8. The zero-order valence-corrected chi connectivity index (χ0v) is 13.1. The molecule has 23 heavy (non-hydrogen) atoms. The quantitative estimate of drug-likeness (QED) is 0.719. The number of rotatable bonds is 7. The van der Waals surface area contributed by atoms with Gasteiger partial charge in [-0.15, -0.1) is 0 Å². The van der Waals surface area contributed by atoms with Crippen molar-refractivity contribution < 1.29 is 9.53 Å². The van der Waals surface area contributed by atoms with Gasteiger partial charge in [0.2, 0.25) is 0 Å². The molecule has 0 aliphatic rings. The molecule has 3 heteroatoms. The van der Waals surface area contributed by atoms with Gasteiger partial charge in [-0.3, -0.25) is 4.79 Å². The summed E-state index contributed by atoms with van der Waals surface area (Å²) in [7, 11) is 1.64. The molecule has 116 valence electrons. The Morgan fingerprint density at radius 1 is 1.22 bits per heavy atom. The fourth-order valence-corrected chi connectivity index (χ4v) is 2.26. The number of carbonyl (C=O) groups is 1. The van der Waals surface area contributed by atoms with Crippen molar-refractivity contribution in [3.63, 3.8) is 0 Å². The molecule has 1 atom stereocenters. The van der Waals surface area contributed by atoms with Gasteiger partial charge >= 0.3 is 0 Å². The van der Waals surface area contributed by atoms with Crippen molar-refractivity contribution in [1.29, 1.82) is 5.26 Å². The summed E-state index contributed by atoms with van der Waals surface area (Å²) >= 11 is 0. The van der Waals surface area contributed by atoms with Crippen LogP contribution < -0.4 is 0 Å². The molecule has 0 aliphatic carbocycles. The van der Waals surface area contributed by atoms with Crippen molar-refractivity contribution in [2.45, 2.75) is 18.9 Å². The maximum atomic E-state index is 12.2. The number of ketones is 1. The average molecular weight is 305 g/mol. The highest BCUT2D eigenvalue weighted by molar-refractivity contribution is 5.96. The first kappa shape index (κ1) is 16.7. The van der Waals surface area contributed by atoms with E-state index in [-0.39, 0.29) is 11.9 Å². The molecule has 0 spiro atoms. The van der Waals surface area contributed by atoms with Gasteiger partial charge in [-0.25, -0.2) is 0 Å². The van der Waals surface area contributed by atoms with Crippen LogP contribution in [0.4, 0.5) is 0 Å². The number of benzene rings is 2. The molecular weight excluding hydrogens is 286 g/mol. The van der Waals surface area contributed by atoms with Crippen LogP contribution in [0.15, 0.2) is 60.7 Å². The summed E-state index contributed by atoms with van der Waals surface area (Å²) in [6.45, 7) is 0. The lowest BCUT2D eigenvalue weighted by molar-refractivity contribution is 0.0925. The lowest BCUT2D eigenvalue weighted by Crippen LogP contribution is -2.10. The Hall–Kier alpha value is -2.70. The summed E-state index contributed by atoms with van der Waals surface area (Å²) in [4.78, 5) is 12.2. The van der Waals surface area contributed by atoms with Crippen LogP contribution in [-0.4, -0.2) is 19.0 Å². The molecule has 0 aromatic heterocycles. The van der Waals surface area contributed by atoms with Crippen LogP contribution in [-0.2, 0) is 4.74 Å². The Morgan fingerprint density at radius 2 is 2.00 bits per heavy atom. The van der Waals surface area contributed by atoms with Gasteiger partial charge < -0.3 is 4.74 Å². The SMILES string of the molecule is COC(/C=C/c1ccccc1)CCC(=O)c1cccc(C#N)c1. The third kappa shape index (κ3) is 5.21. The van der Waals surface area contributed by atoms with Crippen molar-refractivity contribution in [2.75, 3.05) is 7.11 Å². The molecule has 0 bridgehead atoms. The minimum Gasteiger partial charge on any atom is -0.377 e. The van der Waals surface area contributed by atoms with Crippen LogP contribution in [0, 0.1) is 11.3 Å². The average Bonchev–Trinajstić information content (AvgIpc) is 2.62. The maximum absolute atomic E-state index is 12.2. The highest BCUT2D eigenvalue weighted by atomic mass is 16.5. The highest BCUT2D eigenvalue weighted by Crippen LogP contribution is 2.12. The van der Waals surface area contributed by atoms with Crippen LogP contribution in [0.3, 0.4) is 0 Å². The van der Waals surface area contributed by atoms with Gasteiger partial charge in [0, 0.05) is 19.1 Å². The minimum absolute atomic E-state index is 0.0252. The van der Waals surface area contributed by atoms with Gasteiger partial charge in [0.1, 0.15) is 0 Å². The molecule has 0 heterocycles. The van der Waals surface area contributed by atoms with E-state index < -0.39 is 0 Å². The van der Waals surface area contributed by atoms with Crippen molar-refractivity contribution in [3.05, 3.63) is 77.4 Å². The Bertz CT molecular complexity index is 714. The molecule has 2 rings (SSSR count). The molecule has 2 aromatic carbocycles. The van der Waals surface area contributed by atoms with Crippen LogP contribution >= 0.6 is 0 Å². The van der Waals surface area contributed by atoms with Gasteiger partial charge in [0.05, 0.1) is 17.7 Å². The van der Waals surface area contributed by atoms with E-state index >= 15 is 0 Å². The number of hydrogen-bond donors (Lipinski definition) is 0. The normalized spacial score (nSPS) is 12.0. The van der Waals surface area contributed by atoms with E-state index in [0.717, 1.165) is 5.56 Å². The second-order valence-electron chi connectivity index (χ2n) is 5.20. The Balaban J connectivity index is 1.93. The van der Waals surface area contributed by atoms with E-state index in [1.165, 1.54) is 0 Å². The van der Waals surface area contributed by atoms with Gasteiger partial charge in [0.15, 0.2) is 5.78 Å². The largest absolute Gasteiger partial charge is 0.377 e. The number of Topliss-reactive ketones (excluding diaryl/α,β-unsaturated/α-hetero) is 1. The lowest BCUT2D eigenvalue weighted by atomic mass is 10.0. The monoisotopic (exact) mass is 305 g/mol. The summed E-state index contributed by atoms with van der Waals surface area (Å²) in [5.41, 5.74) is 2.18. The third-order valence-corrected chi connectivity index (χ3v) is 3.58.